The van der Waals surface area contributed by atoms with Crippen LogP contribution in [0.5, 0.6) is 0 Å². The largest absolute Gasteiger partial charge is 0.319 e. The van der Waals surface area contributed by atoms with Gasteiger partial charge in [-0.05, 0) is 30.7 Å². The third kappa shape index (κ3) is 2.65. The number of hydrogen-bond donors (Lipinski definition) is 1. The van der Waals surface area contributed by atoms with Crippen LogP contribution in [-0.2, 0) is 6.54 Å². The van der Waals surface area contributed by atoms with Crippen molar-refractivity contribution in [1.29, 1.82) is 0 Å². The summed E-state index contributed by atoms with van der Waals surface area (Å²) in [6.45, 7) is 0.974. The first-order chi connectivity index (χ1) is 8.63. The topological polar surface area (TPSA) is 17.0 Å². The number of nitrogens with zero attached hydrogens (tertiary/aromatic N) is 1. The van der Waals surface area contributed by atoms with E-state index < -0.39 is 6.55 Å². The molecule has 0 unspecified atom stereocenters. The van der Waals surface area contributed by atoms with Gasteiger partial charge in [0.15, 0.2) is 0 Å². The lowest BCUT2D eigenvalue weighted by atomic mass is 10.2. The maximum absolute atomic E-state index is 12.9. The van der Waals surface area contributed by atoms with E-state index in [9.17, 15) is 8.78 Å². The van der Waals surface area contributed by atoms with Gasteiger partial charge in [0.05, 0.1) is 5.52 Å². The third-order valence-electron chi connectivity index (χ3n) is 2.83. The number of halogens is 3. The Balaban J connectivity index is 2.41. The predicted molar refractivity (Wildman–Crippen MR) is 70.2 cm³/mol. The van der Waals surface area contributed by atoms with Crippen LogP contribution >= 0.6 is 11.6 Å². The maximum atomic E-state index is 12.9. The molecule has 0 radical (unpaired) electrons. The lowest BCUT2D eigenvalue weighted by Crippen LogP contribution is -2.13. The highest BCUT2D eigenvalue weighted by molar-refractivity contribution is 6.31. The molecule has 0 spiro atoms. The van der Waals surface area contributed by atoms with Crippen molar-refractivity contribution in [3.8, 4) is 0 Å². The fraction of sp³-hybridized carbons (Fsp3) is 0.385. The highest BCUT2D eigenvalue weighted by Gasteiger charge is 2.14. The van der Waals surface area contributed by atoms with Crippen molar-refractivity contribution >= 4 is 22.5 Å². The molecule has 2 rings (SSSR count). The Morgan fingerprint density at radius 1 is 1.39 bits per heavy atom. The lowest BCUT2D eigenvalue weighted by molar-refractivity contribution is 0.0751. The van der Waals surface area contributed by atoms with Crippen molar-refractivity contribution in [2.45, 2.75) is 26.4 Å². The summed E-state index contributed by atoms with van der Waals surface area (Å²) < 4.78 is 26.8. The molecule has 0 aliphatic heterocycles. The second-order valence-electron chi connectivity index (χ2n) is 4.18. The standard InChI is InChI=1S/C13H15ClF2N2/c1-2-5-17-7-9-8-18(13(15)16)12-6-10(14)3-4-11(9)12/h3-4,6,8,13,17H,2,5,7H2,1H3. The molecule has 0 saturated carbocycles. The number of aromatic nitrogens is 1. The van der Waals surface area contributed by atoms with E-state index in [-0.39, 0.29) is 0 Å². The van der Waals surface area contributed by atoms with E-state index in [0.717, 1.165) is 28.5 Å². The SMILES string of the molecule is CCCNCc1cn(C(F)F)c2cc(Cl)ccc12. The monoisotopic (exact) mass is 272 g/mol. The van der Waals surface area contributed by atoms with Crippen molar-refractivity contribution in [2.75, 3.05) is 6.54 Å². The van der Waals surface area contributed by atoms with E-state index in [1.54, 1.807) is 18.2 Å². The summed E-state index contributed by atoms with van der Waals surface area (Å²) in [5.74, 6) is 0. The summed E-state index contributed by atoms with van der Waals surface area (Å²) in [6.07, 6.45) is 2.51. The zero-order valence-corrected chi connectivity index (χ0v) is 10.8. The molecule has 1 aromatic heterocycles. The van der Waals surface area contributed by atoms with Gasteiger partial charge in [0.25, 0.3) is 0 Å². The molecule has 98 valence electrons. The molecular weight excluding hydrogens is 258 g/mol. The Hall–Kier alpha value is -1.13. The highest BCUT2D eigenvalue weighted by Crippen LogP contribution is 2.28. The fourth-order valence-electron chi connectivity index (χ4n) is 2.00. The minimum atomic E-state index is -2.55. The number of alkyl halides is 2. The van der Waals surface area contributed by atoms with Gasteiger partial charge in [0.1, 0.15) is 0 Å². The molecule has 1 aromatic carbocycles. The van der Waals surface area contributed by atoms with Gasteiger partial charge in [-0.3, -0.25) is 4.57 Å². The number of benzene rings is 1. The highest BCUT2D eigenvalue weighted by atomic mass is 35.5. The van der Waals surface area contributed by atoms with Crippen LogP contribution in [0.1, 0.15) is 25.5 Å². The zero-order valence-electron chi connectivity index (χ0n) is 10.1. The van der Waals surface area contributed by atoms with E-state index in [4.69, 9.17) is 11.6 Å². The van der Waals surface area contributed by atoms with E-state index in [0.29, 0.717) is 17.1 Å². The first-order valence-corrected chi connectivity index (χ1v) is 6.29. The van der Waals surface area contributed by atoms with Crippen LogP contribution in [0.3, 0.4) is 0 Å². The molecule has 5 heteroatoms. The molecule has 2 nitrogen and oxygen atoms in total. The van der Waals surface area contributed by atoms with Gasteiger partial charge in [-0.15, -0.1) is 0 Å². The molecule has 0 saturated heterocycles. The zero-order chi connectivity index (χ0) is 13.1. The van der Waals surface area contributed by atoms with Gasteiger partial charge >= 0.3 is 6.55 Å². The van der Waals surface area contributed by atoms with Gasteiger partial charge in [0, 0.05) is 23.2 Å². The molecule has 0 fully saturated rings. The summed E-state index contributed by atoms with van der Waals surface area (Å²) in [6, 6.07) is 5.09. The fourth-order valence-corrected chi connectivity index (χ4v) is 2.17. The molecule has 1 heterocycles. The second kappa shape index (κ2) is 5.67. The summed E-state index contributed by atoms with van der Waals surface area (Å²) >= 11 is 5.86. The number of hydrogen-bond acceptors (Lipinski definition) is 1. The van der Waals surface area contributed by atoms with Crippen LogP contribution < -0.4 is 5.32 Å². The van der Waals surface area contributed by atoms with Crippen LogP contribution in [0.15, 0.2) is 24.4 Å². The summed E-state index contributed by atoms with van der Waals surface area (Å²) in [5, 5.41) is 4.51. The van der Waals surface area contributed by atoms with E-state index in [1.165, 1.54) is 6.20 Å². The Morgan fingerprint density at radius 2 is 2.17 bits per heavy atom. The quantitative estimate of drug-likeness (QED) is 0.808. The van der Waals surface area contributed by atoms with E-state index >= 15 is 0 Å². The molecule has 0 bridgehead atoms. The average Bonchev–Trinajstić information content (AvgIpc) is 2.68. The van der Waals surface area contributed by atoms with Gasteiger partial charge in [-0.25, -0.2) is 0 Å². The normalized spacial score (nSPS) is 11.6. The van der Waals surface area contributed by atoms with Crippen molar-refractivity contribution in [2.24, 2.45) is 0 Å². The number of nitrogens with one attached hydrogen (secondary N) is 1. The first-order valence-electron chi connectivity index (χ1n) is 5.91. The average molecular weight is 273 g/mol. The Bertz CT molecular complexity index is 537. The van der Waals surface area contributed by atoms with Crippen LogP contribution in [0.4, 0.5) is 8.78 Å². The van der Waals surface area contributed by atoms with Crippen LogP contribution in [-0.4, -0.2) is 11.1 Å². The minimum Gasteiger partial charge on any atom is -0.313 e. The molecule has 18 heavy (non-hydrogen) atoms. The van der Waals surface area contributed by atoms with Crippen molar-refractivity contribution in [3.63, 3.8) is 0 Å². The Kier molecular flexibility index (Phi) is 4.19. The molecule has 0 atom stereocenters. The minimum absolute atomic E-state index is 0.468. The van der Waals surface area contributed by atoms with E-state index in [2.05, 4.69) is 12.2 Å². The molecule has 1 N–H and O–H groups in total. The van der Waals surface area contributed by atoms with Crippen LogP contribution in [0, 0.1) is 0 Å². The van der Waals surface area contributed by atoms with Crippen molar-refractivity contribution < 1.29 is 8.78 Å². The number of fused-ring (bicyclic) bond motifs is 1. The third-order valence-corrected chi connectivity index (χ3v) is 3.07. The maximum Gasteiger partial charge on any atom is 0.319 e. The first kappa shape index (κ1) is 13.3. The number of rotatable bonds is 5. The molecule has 0 amide bonds. The lowest BCUT2D eigenvalue weighted by Gasteiger charge is -2.02. The van der Waals surface area contributed by atoms with Gasteiger partial charge in [0.2, 0.25) is 0 Å². The summed E-state index contributed by atoms with van der Waals surface area (Å²) in [5.41, 5.74) is 1.35. The summed E-state index contributed by atoms with van der Waals surface area (Å²) in [7, 11) is 0. The van der Waals surface area contributed by atoms with Crippen LogP contribution in [0.25, 0.3) is 10.9 Å². The predicted octanol–water partition coefficient (Wildman–Crippen LogP) is 4.19. The van der Waals surface area contributed by atoms with Crippen LogP contribution in [0.2, 0.25) is 5.02 Å². The smallest absolute Gasteiger partial charge is 0.313 e. The van der Waals surface area contributed by atoms with Crippen molar-refractivity contribution in [1.82, 2.24) is 9.88 Å². The van der Waals surface area contributed by atoms with E-state index in [1.807, 2.05) is 0 Å². The molecule has 0 aliphatic carbocycles. The molecular formula is C13H15ClF2N2. The second-order valence-corrected chi connectivity index (χ2v) is 4.61. The summed E-state index contributed by atoms with van der Waals surface area (Å²) in [4.78, 5) is 0. The van der Waals surface area contributed by atoms with Gasteiger partial charge < -0.3 is 5.32 Å². The Labute approximate surface area is 110 Å². The van der Waals surface area contributed by atoms with Gasteiger partial charge in [-0.2, -0.15) is 8.78 Å². The molecule has 0 aliphatic rings. The molecule has 2 aromatic rings. The van der Waals surface area contributed by atoms with Gasteiger partial charge in [-0.1, -0.05) is 24.6 Å². The van der Waals surface area contributed by atoms with Crippen molar-refractivity contribution in [3.05, 3.63) is 35.0 Å². The Morgan fingerprint density at radius 3 is 2.83 bits per heavy atom.